The van der Waals surface area contributed by atoms with Gasteiger partial charge in [-0.1, -0.05) is 6.92 Å². The minimum absolute atomic E-state index is 0.0723. The highest BCUT2D eigenvalue weighted by molar-refractivity contribution is 9.10. The fourth-order valence-corrected chi connectivity index (χ4v) is 3.26. The van der Waals surface area contributed by atoms with Crippen LogP contribution in [-0.2, 0) is 4.79 Å². The van der Waals surface area contributed by atoms with Crippen LogP contribution in [0.15, 0.2) is 16.6 Å². The summed E-state index contributed by atoms with van der Waals surface area (Å²) in [5.41, 5.74) is 3.28. The lowest BCUT2D eigenvalue weighted by Gasteiger charge is -2.30. The Morgan fingerprint density at radius 2 is 2.10 bits per heavy atom. The Morgan fingerprint density at radius 3 is 2.80 bits per heavy atom. The number of rotatable bonds is 3. The van der Waals surface area contributed by atoms with Gasteiger partial charge in [-0.15, -0.1) is 0 Å². The Hall–Kier alpha value is -0.870. The number of aryl methyl sites for hydroxylation is 2. The van der Waals surface area contributed by atoms with Gasteiger partial charge in [-0.25, -0.2) is 0 Å². The van der Waals surface area contributed by atoms with E-state index in [2.05, 4.69) is 46.9 Å². The van der Waals surface area contributed by atoms with Crippen LogP contribution in [0, 0.1) is 19.8 Å². The van der Waals surface area contributed by atoms with E-state index >= 15 is 0 Å². The molecule has 1 heterocycles. The maximum atomic E-state index is 12.2. The summed E-state index contributed by atoms with van der Waals surface area (Å²) in [6.07, 6.45) is 2.47. The maximum Gasteiger partial charge on any atom is 0.238 e. The van der Waals surface area contributed by atoms with Crippen molar-refractivity contribution in [2.75, 3.05) is 25.0 Å². The van der Waals surface area contributed by atoms with E-state index < -0.39 is 0 Å². The van der Waals surface area contributed by atoms with E-state index in [-0.39, 0.29) is 5.91 Å². The molecular formula is C16H23BrN2O. The van der Waals surface area contributed by atoms with Gasteiger partial charge in [-0.2, -0.15) is 0 Å². The summed E-state index contributed by atoms with van der Waals surface area (Å²) in [5.74, 6) is 0.771. The molecule has 1 fully saturated rings. The van der Waals surface area contributed by atoms with Gasteiger partial charge in [0.05, 0.1) is 12.2 Å². The van der Waals surface area contributed by atoms with Crippen LogP contribution in [0.4, 0.5) is 5.69 Å². The molecule has 20 heavy (non-hydrogen) atoms. The van der Waals surface area contributed by atoms with Crippen LogP contribution in [0.2, 0.25) is 0 Å². The third kappa shape index (κ3) is 4.06. The molecule has 1 atom stereocenters. The molecule has 0 unspecified atom stereocenters. The summed E-state index contributed by atoms with van der Waals surface area (Å²) in [5, 5.41) is 3.01. The molecule has 1 aliphatic heterocycles. The van der Waals surface area contributed by atoms with Crippen LogP contribution in [0.1, 0.15) is 30.9 Å². The average Bonchev–Trinajstić information content (AvgIpc) is 2.36. The van der Waals surface area contributed by atoms with Gasteiger partial charge in [0.15, 0.2) is 0 Å². The maximum absolute atomic E-state index is 12.2. The summed E-state index contributed by atoms with van der Waals surface area (Å²) < 4.78 is 0.945. The Bertz CT molecular complexity index is 501. The van der Waals surface area contributed by atoms with Crippen LogP contribution >= 0.6 is 15.9 Å². The van der Waals surface area contributed by atoms with Crippen LogP contribution in [0.25, 0.3) is 0 Å². The lowest BCUT2D eigenvalue weighted by atomic mass is 10.0. The number of nitrogens with one attached hydrogen (secondary N) is 1. The zero-order valence-electron chi connectivity index (χ0n) is 12.5. The van der Waals surface area contributed by atoms with Crippen LogP contribution in [0.5, 0.6) is 0 Å². The third-order valence-electron chi connectivity index (χ3n) is 3.97. The van der Waals surface area contributed by atoms with Gasteiger partial charge in [-0.3, -0.25) is 9.69 Å². The van der Waals surface area contributed by atoms with Crippen LogP contribution < -0.4 is 5.32 Å². The number of hydrogen-bond acceptors (Lipinski definition) is 2. The van der Waals surface area contributed by atoms with Crippen LogP contribution in [-0.4, -0.2) is 30.4 Å². The van der Waals surface area contributed by atoms with Crippen molar-refractivity contribution < 1.29 is 4.79 Å². The van der Waals surface area contributed by atoms with Crippen molar-refractivity contribution in [1.29, 1.82) is 0 Å². The van der Waals surface area contributed by atoms with Gasteiger partial charge in [0.1, 0.15) is 0 Å². The molecule has 1 N–H and O–H groups in total. The van der Waals surface area contributed by atoms with Crippen molar-refractivity contribution in [3.8, 4) is 0 Å². The molecule has 4 heteroatoms. The van der Waals surface area contributed by atoms with Gasteiger partial charge in [0, 0.05) is 11.0 Å². The molecule has 0 aliphatic carbocycles. The van der Waals surface area contributed by atoms with E-state index in [0.29, 0.717) is 12.5 Å². The summed E-state index contributed by atoms with van der Waals surface area (Å²) in [7, 11) is 0. The zero-order valence-corrected chi connectivity index (χ0v) is 14.1. The zero-order chi connectivity index (χ0) is 14.7. The Balaban J connectivity index is 1.96. The highest BCUT2D eigenvalue weighted by Gasteiger charge is 2.18. The van der Waals surface area contributed by atoms with E-state index in [1.54, 1.807) is 0 Å². The second-order valence-corrected chi connectivity index (χ2v) is 6.80. The Kier molecular flexibility index (Phi) is 5.22. The van der Waals surface area contributed by atoms with Crippen molar-refractivity contribution >= 4 is 27.5 Å². The number of anilines is 1. The topological polar surface area (TPSA) is 32.3 Å². The number of carbonyl (C=O) groups excluding carboxylic acids is 1. The first-order chi connectivity index (χ1) is 9.45. The molecule has 1 amide bonds. The molecule has 1 aromatic carbocycles. The van der Waals surface area contributed by atoms with Gasteiger partial charge >= 0.3 is 0 Å². The average molecular weight is 339 g/mol. The molecule has 110 valence electrons. The van der Waals surface area contributed by atoms with Crippen molar-refractivity contribution in [3.05, 3.63) is 27.7 Å². The molecule has 0 aromatic heterocycles. The van der Waals surface area contributed by atoms with E-state index in [9.17, 15) is 4.79 Å². The minimum atomic E-state index is 0.0723. The summed E-state index contributed by atoms with van der Waals surface area (Å²) in [6.45, 7) is 8.94. The SMILES string of the molecule is Cc1cc(Br)c(NC(=O)CN2CCC[C@H](C)C2)cc1C. The van der Waals surface area contributed by atoms with Gasteiger partial charge in [-0.05, 0) is 78.3 Å². The van der Waals surface area contributed by atoms with E-state index in [1.807, 2.05) is 12.1 Å². The monoisotopic (exact) mass is 338 g/mol. The second kappa shape index (κ2) is 6.72. The fraction of sp³-hybridized carbons (Fsp3) is 0.562. The first-order valence-electron chi connectivity index (χ1n) is 7.24. The summed E-state index contributed by atoms with van der Waals surface area (Å²) in [6, 6.07) is 4.07. The number of halogens is 1. The highest BCUT2D eigenvalue weighted by Crippen LogP contribution is 2.26. The van der Waals surface area contributed by atoms with Gasteiger partial charge in [0.2, 0.25) is 5.91 Å². The third-order valence-corrected chi connectivity index (χ3v) is 4.62. The summed E-state index contributed by atoms with van der Waals surface area (Å²) >= 11 is 3.52. The van der Waals surface area contributed by atoms with Gasteiger partial charge < -0.3 is 5.32 Å². The van der Waals surface area contributed by atoms with Gasteiger partial charge in [0.25, 0.3) is 0 Å². The van der Waals surface area contributed by atoms with Crippen LogP contribution in [0.3, 0.4) is 0 Å². The van der Waals surface area contributed by atoms with Crippen molar-refractivity contribution in [3.63, 3.8) is 0 Å². The Labute approximate surface area is 129 Å². The van der Waals surface area contributed by atoms with Crippen molar-refractivity contribution in [1.82, 2.24) is 4.90 Å². The number of nitrogens with zero attached hydrogens (tertiary/aromatic N) is 1. The van der Waals surface area contributed by atoms with Crippen molar-refractivity contribution in [2.24, 2.45) is 5.92 Å². The summed E-state index contributed by atoms with van der Waals surface area (Å²) in [4.78, 5) is 14.4. The molecule has 0 radical (unpaired) electrons. The standard InChI is InChI=1S/C16H23BrN2O/c1-11-5-4-6-19(9-11)10-16(20)18-15-8-13(3)12(2)7-14(15)17/h7-8,11H,4-6,9-10H2,1-3H3,(H,18,20)/t11-/m0/s1. The lowest BCUT2D eigenvalue weighted by Crippen LogP contribution is -2.39. The fourth-order valence-electron chi connectivity index (χ4n) is 2.70. The molecule has 0 bridgehead atoms. The first kappa shape index (κ1) is 15.5. The minimum Gasteiger partial charge on any atom is -0.324 e. The smallest absolute Gasteiger partial charge is 0.238 e. The van der Waals surface area contributed by atoms with E-state index in [0.717, 1.165) is 23.2 Å². The number of hydrogen-bond donors (Lipinski definition) is 1. The molecule has 2 rings (SSSR count). The predicted molar refractivity (Wildman–Crippen MR) is 87.1 cm³/mol. The van der Waals surface area contributed by atoms with E-state index in [1.165, 1.54) is 24.0 Å². The molecule has 1 saturated heterocycles. The lowest BCUT2D eigenvalue weighted by molar-refractivity contribution is -0.117. The predicted octanol–water partition coefficient (Wildman–Crippen LogP) is 3.74. The quantitative estimate of drug-likeness (QED) is 0.910. The molecule has 1 aliphatic rings. The van der Waals surface area contributed by atoms with E-state index in [4.69, 9.17) is 0 Å². The number of benzene rings is 1. The molecule has 0 spiro atoms. The largest absolute Gasteiger partial charge is 0.324 e. The molecule has 0 saturated carbocycles. The normalized spacial score (nSPS) is 19.9. The number of likely N-dealkylation sites (tertiary alicyclic amines) is 1. The second-order valence-electron chi connectivity index (χ2n) is 5.95. The molecule has 3 nitrogen and oxygen atoms in total. The number of amides is 1. The Morgan fingerprint density at radius 1 is 1.40 bits per heavy atom. The highest BCUT2D eigenvalue weighted by atomic mass is 79.9. The first-order valence-corrected chi connectivity index (χ1v) is 8.04. The number of carbonyl (C=O) groups is 1. The van der Waals surface area contributed by atoms with Crippen molar-refractivity contribution in [2.45, 2.75) is 33.6 Å². The molecule has 1 aromatic rings. The number of piperidine rings is 1. The molecular weight excluding hydrogens is 316 g/mol.